The second-order valence-electron chi connectivity index (χ2n) is 4.84. The zero-order chi connectivity index (χ0) is 17.2. The number of pyridine rings is 1. The Morgan fingerprint density at radius 3 is 2.46 bits per heavy atom. The Hall–Kier alpha value is -3.04. The number of nitrogens with zero attached hydrogens (tertiary/aromatic N) is 5. The summed E-state index contributed by atoms with van der Waals surface area (Å²) >= 11 is 0. The molecule has 0 aliphatic heterocycles. The van der Waals surface area contributed by atoms with Gasteiger partial charge in [-0.15, -0.1) is 0 Å². The van der Waals surface area contributed by atoms with E-state index in [0.29, 0.717) is 5.95 Å². The summed E-state index contributed by atoms with van der Waals surface area (Å²) < 4.78 is 41.5. The van der Waals surface area contributed by atoms with Gasteiger partial charge in [0.1, 0.15) is 0 Å². The zero-order valence-corrected chi connectivity index (χ0v) is 12.3. The van der Waals surface area contributed by atoms with Crippen molar-refractivity contribution < 1.29 is 17.7 Å². The van der Waals surface area contributed by atoms with Gasteiger partial charge in [0.05, 0.1) is 17.3 Å². The Balaban J connectivity index is 1.73. The molecule has 10 heteroatoms. The maximum Gasteiger partial charge on any atom is 0.471 e. The van der Waals surface area contributed by atoms with Crippen LogP contribution in [-0.4, -0.2) is 25.1 Å². The average molecular weight is 336 g/mol. The quantitative estimate of drug-likeness (QED) is 0.783. The first-order valence-corrected chi connectivity index (χ1v) is 6.84. The van der Waals surface area contributed by atoms with Gasteiger partial charge in [0.15, 0.2) is 0 Å². The van der Waals surface area contributed by atoms with Crippen molar-refractivity contribution in [1.29, 1.82) is 0 Å². The van der Waals surface area contributed by atoms with E-state index in [4.69, 9.17) is 0 Å². The highest BCUT2D eigenvalue weighted by molar-refractivity contribution is 5.52. The fourth-order valence-corrected chi connectivity index (χ4v) is 1.87. The second kappa shape index (κ2) is 6.22. The van der Waals surface area contributed by atoms with Gasteiger partial charge < -0.3 is 9.84 Å². The first-order chi connectivity index (χ1) is 11.4. The van der Waals surface area contributed by atoms with Crippen molar-refractivity contribution in [1.82, 2.24) is 25.1 Å². The van der Waals surface area contributed by atoms with Gasteiger partial charge in [-0.25, -0.2) is 9.97 Å². The van der Waals surface area contributed by atoms with E-state index in [0.717, 1.165) is 5.69 Å². The molecule has 0 radical (unpaired) electrons. The molecule has 0 saturated heterocycles. The maximum absolute atomic E-state index is 12.4. The van der Waals surface area contributed by atoms with Gasteiger partial charge in [0.25, 0.3) is 0 Å². The third kappa shape index (κ3) is 3.47. The summed E-state index contributed by atoms with van der Waals surface area (Å²) in [5.41, 5.74) is 1.02. The van der Waals surface area contributed by atoms with Gasteiger partial charge in [-0.3, -0.25) is 4.98 Å². The number of aromatic nitrogens is 5. The molecule has 0 aliphatic rings. The summed E-state index contributed by atoms with van der Waals surface area (Å²) in [6, 6.07) is 5.38. The first kappa shape index (κ1) is 15.8. The predicted molar refractivity (Wildman–Crippen MR) is 76.6 cm³/mol. The van der Waals surface area contributed by atoms with Crippen LogP contribution in [0, 0.1) is 0 Å². The molecule has 1 N–H and O–H groups in total. The van der Waals surface area contributed by atoms with Gasteiger partial charge in [0, 0.05) is 18.6 Å². The monoisotopic (exact) mass is 336 g/mol. The van der Waals surface area contributed by atoms with Gasteiger partial charge in [-0.2, -0.15) is 18.2 Å². The van der Waals surface area contributed by atoms with E-state index in [1.165, 1.54) is 12.4 Å². The van der Waals surface area contributed by atoms with Crippen LogP contribution >= 0.6 is 0 Å². The van der Waals surface area contributed by atoms with E-state index in [9.17, 15) is 13.2 Å². The molecule has 3 aromatic heterocycles. The molecule has 0 aliphatic carbocycles. The molecule has 0 spiro atoms. The van der Waals surface area contributed by atoms with E-state index in [2.05, 4.69) is 34.9 Å². The van der Waals surface area contributed by atoms with Crippen LogP contribution in [0.15, 0.2) is 41.3 Å². The fourth-order valence-electron chi connectivity index (χ4n) is 1.87. The van der Waals surface area contributed by atoms with Crippen LogP contribution in [0.1, 0.15) is 24.6 Å². The van der Waals surface area contributed by atoms with Crippen molar-refractivity contribution >= 4 is 5.95 Å². The van der Waals surface area contributed by atoms with Gasteiger partial charge in [0.2, 0.25) is 11.8 Å². The lowest BCUT2D eigenvalue weighted by Crippen LogP contribution is -2.10. The van der Waals surface area contributed by atoms with Crippen LogP contribution in [0.2, 0.25) is 0 Å². The standard InChI is InChI=1S/C14H11F3N6O/c1-8(10-4-2-3-5-18-10)21-13-19-6-9(7-20-13)11-22-12(24-23-11)14(15,16)17/h2-8H,1H3,(H,19,20,21)/t8-/m1/s1. The number of hydrogen-bond donors (Lipinski definition) is 1. The molecular formula is C14H11F3N6O. The van der Waals surface area contributed by atoms with E-state index >= 15 is 0 Å². The molecule has 0 unspecified atom stereocenters. The molecular weight excluding hydrogens is 325 g/mol. The molecule has 3 rings (SSSR count). The molecule has 0 amide bonds. The summed E-state index contributed by atoms with van der Waals surface area (Å²) in [7, 11) is 0. The predicted octanol–water partition coefficient (Wildman–Crippen LogP) is 3.11. The molecule has 0 fully saturated rings. The highest BCUT2D eigenvalue weighted by Gasteiger charge is 2.38. The number of hydrogen-bond acceptors (Lipinski definition) is 7. The van der Waals surface area contributed by atoms with Crippen LogP contribution in [0.5, 0.6) is 0 Å². The number of rotatable bonds is 4. The maximum atomic E-state index is 12.4. The van der Waals surface area contributed by atoms with Crippen LogP contribution < -0.4 is 5.32 Å². The minimum Gasteiger partial charge on any atom is -0.346 e. The highest BCUT2D eigenvalue weighted by Crippen LogP contribution is 2.29. The Labute approximate surface area is 134 Å². The van der Waals surface area contributed by atoms with Gasteiger partial charge in [-0.1, -0.05) is 11.2 Å². The Morgan fingerprint density at radius 2 is 1.88 bits per heavy atom. The van der Waals surface area contributed by atoms with E-state index in [1.807, 2.05) is 25.1 Å². The van der Waals surface area contributed by atoms with Crippen molar-refractivity contribution in [3.8, 4) is 11.4 Å². The molecule has 124 valence electrons. The minimum atomic E-state index is -4.69. The van der Waals surface area contributed by atoms with Crippen LogP contribution in [0.3, 0.4) is 0 Å². The lowest BCUT2D eigenvalue weighted by Gasteiger charge is -2.12. The molecule has 0 saturated carbocycles. The van der Waals surface area contributed by atoms with Crippen LogP contribution in [0.25, 0.3) is 11.4 Å². The number of alkyl halides is 3. The first-order valence-electron chi connectivity index (χ1n) is 6.84. The summed E-state index contributed by atoms with van der Waals surface area (Å²) in [5, 5.41) is 6.31. The average Bonchev–Trinajstić information content (AvgIpc) is 3.07. The lowest BCUT2D eigenvalue weighted by molar-refractivity contribution is -0.159. The number of anilines is 1. The van der Waals surface area contributed by atoms with Gasteiger partial charge >= 0.3 is 12.1 Å². The summed E-state index contributed by atoms with van der Waals surface area (Å²) in [6.07, 6.45) is -0.394. The lowest BCUT2D eigenvalue weighted by atomic mass is 10.2. The second-order valence-corrected chi connectivity index (χ2v) is 4.84. The van der Waals surface area contributed by atoms with Crippen molar-refractivity contribution in [2.24, 2.45) is 0 Å². The summed E-state index contributed by atoms with van der Waals surface area (Å²) in [4.78, 5) is 15.6. The van der Waals surface area contributed by atoms with Crippen molar-refractivity contribution in [3.63, 3.8) is 0 Å². The molecule has 7 nitrogen and oxygen atoms in total. The summed E-state index contributed by atoms with van der Waals surface area (Å²) in [5.74, 6) is -1.34. The fraction of sp³-hybridized carbons (Fsp3) is 0.214. The van der Waals surface area contributed by atoms with Crippen LogP contribution in [-0.2, 0) is 6.18 Å². The van der Waals surface area contributed by atoms with Crippen molar-refractivity contribution in [2.75, 3.05) is 5.32 Å². The Morgan fingerprint density at radius 1 is 1.12 bits per heavy atom. The third-order valence-corrected chi connectivity index (χ3v) is 3.06. The van der Waals surface area contributed by atoms with E-state index in [1.54, 1.807) is 6.20 Å². The Kier molecular flexibility index (Phi) is 4.11. The molecule has 0 bridgehead atoms. The minimum absolute atomic E-state index is 0.140. The van der Waals surface area contributed by atoms with Gasteiger partial charge in [-0.05, 0) is 19.1 Å². The van der Waals surface area contributed by atoms with Crippen LogP contribution in [0.4, 0.5) is 19.1 Å². The molecule has 3 aromatic rings. The van der Waals surface area contributed by atoms with Crippen molar-refractivity contribution in [3.05, 3.63) is 48.4 Å². The SMILES string of the molecule is C[C@@H](Nc1ncc(-c2noc(C(F)(F)F)n2)cn1)c1ccccn1. The van der Waals surface area contributed by atoms with E-state index < -0.39 is 12.1 Å². The van der Waals surface area contributed by atoms with E-state index in [-0.39, 0.29) is 17.4 Å². The number of halogens is 3. The third-order valence-electron chi connectivity index (χ3n) is 3.06. The summed E-state index contributed by atoms with van der Waals surface area (Å²) in [6.45, 7) is 1.88. The molecule has 24 heavy (non-hydrogen) atoms. The van der Waals surface area contributed by atoms with Crippen molar-refractivity contribution in [2.45, 2.75) is 19.1 Å². The Bertz CT molecular complexity index is 803. The molecule has 3 heterocycles. The molecule has 0 aromatic carbocycles. The normalized spacial score (nSPS) is 12.8. The topological polar surface area (TPSA) is 89.6 Å². The smallest absolute Gasteiger partial charge is 0.346 e. The highest BCUT2D eigenvalue weighted by atomic mass is 19.4. The number of nitrogens with one attached hydrogen (secondary N) is 1. The molecule has 1 atom stereocenters. The largest absolute Gasteiger partial charge is 0.471 e. The zero-order valence-electron chi connectivity index (χ0n) is 12.3.